The van der Waals surface area contributed by atoms with E-state index in [4.69, 9.17) is 43.2 Å². The minimum Gasteiger partial charge on any atom is -0.493 e. The van der Waals surface area contributed by atoms with Crippen LogP contribution >= 0.6 is 11.3 Å². The van der Waals surface area contributed by atoms with E-state index >= 15 is 0 Å². The summed E-state index contributed by atoms with van der Waals surface area (Å²) in [5.74, 6) is 2.06. The average Bonchev–Trinajstić information content (AvgIpc) is 3.85. The largest absolute Gasteiger partial charge is 0.493 e. The number of anilines is 1. The Bertz CT molecular complexity index is 2560. The lowest BCUT2D eigenvalue weighted by Crippen LogP contribution is -2.27. The van der Waals surface area contributed by atoms with Crippen LogP contribution in [-0.4, -0.2) is 68.2 Å². The van der Waals surface area contributed by atoms with Gasteiger partial charge in [-0.25, -0.2) is 19.6 Å². The van der Waals surface area contributed by atoms with Crippen LogP contribution in [0.4, 0.5) is 5.13 Å². The molecule has 7 rings (SSSR count). The Kier molecular flexibility index (Phi) is 20.2. The zero-order valence-electron chi connectivity index (χ0n) is 41.1. The third kappa shape index (κ3) is 16.3. The lowest BCUT2D eigenvalue weighted by Gasteiger charge is -2.28. The number of fused-ring (bicyclic) bond motifs is 1. The molecule has 2 aliphatic rings. The van der Waals surface area contributed by atoms with Crippen LogP contribution in [0.15, 0.2) is 121 Å². The molecule has 0 unspecified atom stereocenters. The number of unbranched alkanes of at least 4 members (excludes halogenated alkanes) is 3. The van der Waals surface area contributed by atoms with Crippen molar-refractivity contribution in [1.29, 1.82) is 0 Å². The maximum Gasteiger partial charge on any atom is 0.333 e. The molecular weight excluding hydrogens is 935 g/mol. The van der Waals surface area contributed by atoms with Crippen molar-refractivity contribution in [3.8, 4) is 28.7 Å². The number of esters is 3. The maximum atomic E-state index is 13.3. The Hall–Kier alpha value is -7.00. The molecule has 1 aromatic heterocycles. The molecule has 2 saturated carbocycles. The van der Waals surface area contributed by atoms with Gasteiger partial charge in [0.25, 0.3) is 0 Å². The predicted molar refractivity (Wildman–Crippen MR) is 278 cm³/mol. The highest BCUT2D eigenvalue weighted by molar-refractivity contribution is 7.22. The van der Waals surface area contributed by atoms with Crippen LogP contribution in [0.3, 0.4) is 0 Å². The monoisotopic (exact) mass is 999 g/mol. The van der Waals surface area contributed by atoms with E-state index in [1.54, 1.807) is 47.7 Å². The molecular formula is C57H65N3O11S. The first-order valence-corrected chi connectivity index (χ1v) is 25.8. The van der Waals surface area contributed by atoms with Crippen molar-refractivity contribution in [2.75, 3.05) is 38.4 Å². The number of aromatic nitrogens is 1. The predicted octanol–water partition coefficient (Wildman–Crippen LogP) is 11.6. The maximum absolute atomic E-state index is 13.3. The molecule has 0 spiro atoms. The molecule has 0 N–H and O–H groups in total. The van der Waals surface area contributed by atoms with Crippen LogP contribution in [0, 0.1) is 23.7 Å². The summed E-state index contributed by atoms with van der Waals surface area (Å²) >= 11 is 1.63. The summed E-state index contributed by atoms with van der Waals surface area (Å²) in [5.41, 5.74) is 2.66. The van der Waals surface area contributed by atoms with Crippen LogP contribution in [0.25, 0.3) is 10.2 Å². The van der Waals surface area contributed by atoms with Gasteiger partial charge in [-0.05, 0) is 142 Å². The topological polar surface area (TPSA) is 161 Å². The number of ketones is 1. The number of rotatable bonds is 27. The van der Waals surface area contributed by atoms with Gasteiger partial charge in [-0.2, -0.15) is 5.10 Å². The van der Waals surface area contributed by atoms with Gasteiger partial charge in [-0.1, -0.05) is 74.9 Å². The first kappa shape index (κ1) is 52.8. The van der Waals surface area contributed by atoms with Gasteiger partial charge in [-0.15, -0.1) is 0 Å². The van der Waals surface area contributed by atoms with Gasteiger partial charge >= 0.3 is 17.9 Å². The first-order chi connectivity index (χ1) is 35.2. The Balaban J connectivity index is 0.943. The van der Waals surface area contributed by atoms with Crippen LogP contribution < -0.4 is 28.7 Å². The number of carbonyl (C=O) groups is 4. The van der Waals surface area contributed by atoms with E-state index in [0.29, 0.717) is 61.4 Å². The number of nitrogens with zero attached hydrogens (tertiary/aromatic N) is 3. The smallest absolute Gasteiger partial charge is 0.333 e. The summed E-state index contributed by atoms with van der Waals surface area (Å²) < 4.78 is 40.5. The second-order valence-corrected chi connectivity index (χ2v) is 19.2. The van der Waals surface area contributed by atoms with E-state index in [1.165, 1.54) is 0 Å². The highest BCUT2D eigenvalue weighted by atomic mass is 32.1. The highest BCUT2D eigenvalue weighted by Crippen LogP contribution is 2.35. The molecule has 0 bridgehead atoms. The van der Waals surface area contributed by atoms with Crippen molar-refractivity contribution in [3.05, 3.63) is 127 Å². The number of benzene rings is 4. The fourth-order valence-electron chi connectivity index (χ4n) is 8.76. The summed E-state index contributed by atoms with van der Waals surface area (Å²) in [4.78, 5) is 54.0. The number of carbonyl (C=O) groups excluding carboxylic acids is 4. The average molecular weight is 1000 g/mol. The molecule has 4 aromatic carbocycles. The molecule has 380 valence electrons. The minimum absolute atomic E-state index is 0.00768. The molecule has 0 saturated heterocycles. The van der Waals surface area contributed by atoms with E-state index in [9.17, 15) is 19.2 Å². The highest BCUT2D eigenvalue weighted by Gasteiger charge is 2.29. The standard InChI is InChI=1S/C57H65N3O11S/c1-4-7-8-11-32-60(57-59-50-12-9-10-13-53(50)72-57)58-35-45-34-49(65-36-41-14-20-43(21-15-41)51(61)33-40-18-24-46(25-19-40)67-38-69-54(62)5-2)30-31-52(45)66-37-42-16-22-44(23-17-42)56(64)71-48-28-26-47(27-29-48)68-39-70-55(63)6-3/h5-6,9-10,12-13,18-19,24-31,34-35,41-44H,2-4,7-8,11,14-17,20-23,32-33,36-39H2,1H3/b58-35+. The first-order valence-electron chi connectivity index (χ1n) is 25.0. The fourth-order valence-corrected chi connectivity index (χ4v) is 9.71. The van der Waals surface area contributed by atoms with Gasteiger partial charge in [0.2, 0.25) is 18.7 Å². The van der Waals surface area contributed by atoms with Gasteiger partial charge in [0.15, 0.2) is 0 Å². The molecule has 0 amide bonds. The number of ether oxygens (including phenoxy) is 7. The Labute approximate surface area is 425 Å². The number of hydrazone groups is 1. The number of para-hydroxylation sites is 1. The van der Waals surface area contributed by atoms with Crippen molar-refractivity contribution >= 4 is 56.6 Å². The molecule has 5 aromatic rings. The van der Waals surface area contributed by atoms with Crippen molar-refractivity contribution in [2.45, 2.75) is 90.4 Å². The van der Waals surface area contributed by atoms with E-state index in [2.05, 4.69) is 26.1 Å². The Morgan fingerprint density at radius 2 is 1.28 bits per heavy atom. The van der Waals surface area contributed by atoms with Crippen molar-refractivity contribution in [3.63, 3.8) is 0 Å². The quantitative estimate of drug-likeness (QED) is 0.00930. The van der Waals surface area contributed by atoms with Crippen LogP contribution in [-0.2, 0) is 35.1 Å². The number of hydrogen-bond acceptors (Lipinski definition) is 15. The molecule has 1 heterocycles. The van der Waals surface area contributed by atoms with Crippen LogP contribution in [0.5, 0.6) is 28.7 Å². The Morgan fingerprint density at radius 3 is 1.92 bits per heavy atom. The van der Waals surface area contributed by atoms with Gasteiger partial charge in [-0.3, -0.25) is 9.59 Å². The molecule has 0 radical (unpaired) electrons. The normalized spacial score (nSPS) is 17.6. The molecule has 2 fully saturated rings. The summed E-state index contributed by atoms with van der Waals surface area (Å²) in [6, 6.07) is 27.9. The van der Waals surface area contributed by atoms with E-state index in [1.807, 2.05) is 59.8 Å². The number of hydrogen-bond donors (Lipinski definition) is 0. The third-order valence-corrected chi connectivity index (χ3v) is 14.1. The summed E-state index contributed by atoms with van der Waals surface area (Å²) in [6.07, 6.45) is 15.2. The molecule has 72 heavy (non-hydrogen) atoms. The Morgan fingerprint density at radius 1 is 0.681 bits per heavy atom. The zero-order chi connectivity index (χ0) is 50.5. The zero-order valence-corrected chi connectivity index (χ0v) is 41.9. The summed E-state index contributed by atoms with van der Waals surface area (Å²) in [6.45, 7) is 10.2. The fraction of sp³-hybridized carbons (Fsp3) is 0.404. The SMILES string of the molecule is C=CC(=O)OCOc1ccc(CC(=O)C2CCC(COc3ccc(OCC4CCC(C(=O)Oc5ccc(OCOC(=O)C=C)cc5)CC4)c(/C=N/N(CCCCCC)c4nc5ccccc5s4)c3)CC2)cc1. The van der Waals surface area contributed by atoms with Gasteiger partial charge in [0.1, 0.15) is 34.5 Å². The van der Waals surface area contributed by atoms with Crippen LogP contribution in [0.2, 0.25) is 0 Å². The van der Waals surface area contributed by atoms with Gasteiger partial charge in [0, 0.05) is 36.6 Å². The molecule has 15 heteroatoms. The van der Waals surface area contributed by atoms with Gasteiger partial charge in [0.05, 0.1) is 35.6 Å². The second-order valence-electron chi connectivity index (χ2n) is 18.2. The lowest BCUT2D eigenvalue weighted by atomic mass is 9.79. The number of Topliss-reactive ketones (excluding diaryl/α,β-unsaturated/α-hetero) is 1. The molecule has 0 atom stereocenters. The van der Waals surface area contributed by atoms with E-state index in [0.717, 1.165) is 115 Å². The van der Waals surface area contributed by atoms with Crippen molar-refractivity contribution in [1.82, 2.24) is 4.98 Å². The van der Waals surface area contributed by atoms with Crippen molar-refractivity contribution in [2.24, 2.45) is 28.8 Å². The number of thiazole rings is 1. The summed E-state index contributed by atoms with van der Waals surface area (Å²) in [7, 11) is 0. The summed E-state index contributed by atoms with van der Waals surface area (Å²) in [5, 5.41) is 7.90. The second kappa shape index (κ2) is 27.6. The third-order valence-electron chi connectivity index (χ3n) is 13.0. The van der Waals surface area contributed by atoms with E-state index in [-0.39, 0.29) is 43.1 Å². The molecule has 2 aliphatic carbocycles. The molecule has 0 aliphatic heterocycles. The van der Waals surface area contributed by atoms with Crippen molar-refractivity contribution < 1.29 is 52.3 Å². The van der Waals surface area contributed by atoms with Gasteiger partial charge < -0.3 is 33.2 Å². The van der Waals surface area contributed by atoms with Crippen LogP contribution in [0.1, 0.15) is 95.1 Å². The molecule has 14 nitrogen and oxygen atoms in total. The lowest BCUT2D eigenvalue weighted by molar-refractivity contribution is -0.145. The van der Waals surface area contributed by atoms with E-state index < -0.39 is 11.9 Å². The minimum atomic E-state index is -0.579.